The van der Waals surface area contributed by atoms with Gasteiger partial charge >= 0.3 is 0 Å². The third-order valence-corrected chi connectivity index (χ3v) is 6.38. The Hall–Kier alpha value is -1.66. The Labute approximate surface area is 174 Å². The number of hydrogen-bond acceptors (Lipinski definition) is 4. The summed E-state index contributed by atoms with van der Waals surface area (Å²) in [6.45, 7) is 5.56. The molecule has 0 spiro atoms. The van der Waals surface area contributed by atoms with E-state index in [9.17, 15) is 9.18 Å². The van der Waals surface area contributed by atoms with Crippen molar-refractivity contribution in [1.82, 2.24) is 10.2 Å². The van der Waals surface area contributed by atoms with Crippen LogP contribution in [0.15, 0.2) is 24.3 Å². The number of anilines is 1. The maximum Gasteiger partial charge on any atom is 0.220 e. The van der Waals surface area contributed by atoms with Crippen LogP contribution in [0.3, 0.4) is 0 Å². The third kappa shape index (κ3) is 6.96. The number of methoxy groups -OCH3 is 1. The molecule has 2 fully saturated rings. The van der Waals surface area contributed by atoms with Crippen LogP contribution < -0.4 is 10.2 Å². The number of para-hydroxylation sites is 1. The van der Waals surface area contributed by atoms with E-state index in [1.165, 1.54) is 19.3 Å². The predicted octanol–water partition coefficient (Wildman–Crippen LogP) is 3.44. The minimum atomic E-state index is -0.122. The number of rotatable bonds is 9. The Bertz CT molecular complexity index is 626. The highest BCUT2D eigenvalue weighted by molar-refractivity contribution is 5.76. The van der Waals surface area contributed by atoms with Gasteiger partial charge in [-0.25, -0.2) is 4.39 Å². The third-order valence-electron chi connectivity index (χ3n) is 6.38. The number of hydrogen-bond donors (Lipinski definition) is 1. The van der Waals surface area contributed by atoms with Crippen LogP contribution in [0.4, 0.5) is 10.1 Å². The Kier molecular flexibility index (Phi) is 8.74. The highest BCUT2D eigenvalue weighted by Gasteiger charge is 2.24. The number of ether oxygens (including phenoxy) is 1. The van der Waals surface area contributed by atoms with Crippen molar-refractivity contribution in [3.63, 3.8) is 0 Å². The fraction of sp³-hybridized carbons (Fsp3) is 0.696. The van der Waals surface area contributed by atoms with Crippen LogP contribution in [0.25, 0.3) is 0 Å². The second-order valence-corrected chi connectivity index (χ2v) is 8.45. The van der Waals surface area contributed by atoms with Gasteiger partial charge in [0, 0.05) is 52.4 Å². The van der Waals surface area contributed by atoms with E-state index in [1.54, 1.807) is 19.2 Å². The van der Waals surface area contributed by atoms with Crippen LogP contribution in [-0.2, 0) is 9.53 Å². The van der Waals surface area contributed by atoms with Gasteiger partial charge in [0.15, 0.2) is 0 Å². The SMILES string of the molecule is COCCCC(=O)NC1CCC(CCN2CCN(c3ccccc3F)CC2)CC1. The van der Waals surface area contributed by atoms with Crippen molar-refractivity contribution in [2.75, 3.05) is 51.3 Å². The molecule has 1 saturated carbocycles. The molecule has 5 nitrogen and oxygen atoms in total. The number of amides is 1. The summed E-state index contributed by atoms with van der Waals surface area (Å²) < 4.78 is 19.0. The number of carbonyl (C=O) groups excluding carboxylic acids is 1. The van der Waals surface area contributed by atoms with Crippen molar-refractivity contribution in [3.05, 3.63) is 30.1 Å². The molecule has 0 bridgehead atoms. The maximum atomic E-state index is 14.0. The van der Waals surface area contributed by atoms with Gasteiger partial charge in [0.05, 0.1) is 5.69 Å². The zero-order chi connectivity index (χ0) is 20.5. The van der Waals surface area contributed by atoms with Gasteiger partial charge in [-0.2, -0.15) is 0 Å². The summed E-state index contributed by atoms with van der Waals surface area (Å²) in [5.41, 5.74) is 0.731. The number of nitrogens with zero attached hydrogens (tertiary/aromatic N) is 2. The molecule has 0 atom stereocenters. The molecular formula is C23H36FN3O2. The first-order chi connectivity index (χ1) is 14.2. The van der Waals surface area contributed by atoms with Crippen LogP contribution in [0.1, 0.15) is 44.9 Å². The average Bonchev–Trinajstić information content (AvgIpc) is 2.74. The molecule has 1 saturated heterocycles. The van der Waals surface area contributed by atoms with Crippen LogP contribution in [0.5, 0.6) is 0 Å². The van der Waals surface area contributed by atoms with Gasteiger partial charge in [-0.15, -0.1) is 0 Å². The predicted molar refractivity (Wildman–Crippen MR) is 115 cm³/mol. The highest BCUT2D eigenvalue weighted by Crippen LogP contribution is 2.27. The summed E-state index contributed by atoms with van der Waals surface area (Å²) in [5, 5.41) is 3.19. The number of carbonyl (C=O) groups is 1. The first kappa shape index (κ1) is 22.0. The Morgan fingerprint density at radius 1 is 1.14 bits per heavy atom. The van der Waals surface area contributed by atoms with Crippen molar-refractivity contribution < 1.29 is 13.9 Å². The Morgan fingerprint density at radius 2 is 1.86 bits per heavy atom. The lowest BCUT2D eigenvalue weighted by Gasteiger charge is -2.37. The number of piperazine rings is 1. The van der Waals surface area contributed by atoms with Crippen molar-refractivity contribution in [2.24, 2.45) is 5.92 Å². The van der Waals surface area contributed by atoms with Crippen LogP contribution >= 0.6 is 0 Å². The molecule has 1 aromatic rings. The van der Waals surface area contributed by atoms with Crippen LogP contribution in [0, 0.1) is 11.7 Å². The lowest BCUT2D eigenvalue weighted by molar-refractivity contribution is -0.122. The second-order valence-electron chi connectivity index (χ2n) is 8.45. The summed E-state index contributed by atoms with van der Waals surface area (Å²) >= 11 is 0. The van der Waals surface area contributed by atoms with E-state index >= 15 is 0 Å². The van der Waals surface area contributed by atoms with E-state index in [0.29, 0.717) is 19.1 Å². The van der Waals surface area contributed by atoms with Crippen molar-refractivity contribution in [2.45, 2.75) is 51.0 Å². The molecule has 0 aromatic heterocycles. The smallest absolute Gasteiger partial charge is 0.220 e. The lowest BCUT2D eigenvalue weighted by atomic mass is 9.84. The fourth-order valence-corrected chi connectivity index (χ4v) is 4.56. The molecule has 1 aromatic carbocycles. The van der Waals surface area contributed by atoms with E-state index in [2.05, 4.69) is 15.1 Å². The number of nitrogens with one attached hydrogen (secondary N) is 1. The molecular weight excluding hydrogens is 369 g/mol. The van der Waals surface area contributed by atoms with E-state index in [4.69, 9.17) is 4.74 Å². The molecule has 3 rings (SSSR count). The zero-order valence-electron chi connectivity index (χ0n) is 17.7. The zero-order valence-corrected chi connectivity index (χ0v) is 17.7. The summed E-state index contributed by atoms with van der Waals surface area (Å²) in [5.74, 6) is 0.808. The lowest BCUT2D eigenvalue weighted by Crippen LogP contribution is -2.47. The van der Waals surface area contributed by atoms with Gasteiger partial charge in [0.25, 0.3) is 0 Å². The Morgan fingerprint density at radius 3 is 2.55 bits per heavy atom. The topological polar surface area (TPSA) is 44.8 Å². The minimum Gasteiger partial charge on any atom is -0.385 e. The van der Waals surface area contributed by atoms with E-state index < -0.39 is 0 Å². The second kappa shape index (κ2) is 11.5. The molecule has 1 aliphatic heterocycles. The van der Waals surface area contributed by atoms with E-state index in [-0.39, 0.29) is 11.7 Å². The summed E-state index contributed by atoms with van der Waals surface area (Å²) in [6, 6.07) is 7.42. The van der Waals surface area contributed by atoms with Gasteiger partial charge < -0.3 is 15.0 Å². The van der Waals surface area contributed by atoms with E-state index in [1.807, 2.05) is 12.1 Å². The minimum absolute atomic E-state index is 0.122. The Balaban J connectivity index is 1.29. The van der Waals surface area contributed by atoms with Gasteiger partial charge in [-0.1, -0.05) is 12.1 Å². The molecule has 0 radical (unpaired) electrons. The highest BCUT2D eigenvalue weighted by atomic mass is 19.1. The van der Waals surface area contributed by atoms with Crippen molar-refractivity contribution in [3.8, 4) is 0 Å². The summed E-state index contributed by atoms with van der Waals surface area (Å²) in [4.78, 5) is 16.6. The monoisotopic (exact) mass is 405 g/mol. The molecule has 0 unspecified atom stereocenters. The molecule has 29 heavy (non-hydrogen) atoms. The fourth-order valence-electron chi connectivity index (χ4n) is 4.56. The van der Waals surface area contributed by atoms with Crippen molar-refractivity contribution >= 4 is 11.6 Å². The molecule has 6 heteroatoms. The first-order valence-corrected chi connectivity index (χ1v) is 11.2. The van der Waals surface area contributed by atoms with Gasteiger partial charge in [0.2, 0.25) is 5.91 Å². The van der Waals surface area contributed by atoms with Crippen LogP contribution in [0.2, 0.25) is 0 Å². The van der Waals surface area contributed by atoms with Gasteiger partial charge in [-0.3, -0.25) is 9.69 Å². The molecule has 1 amide bonds. The van der Waals surface area contributed by atoms with E-state index in [0.717, 1.165) is 63.6 Å². The summed E-state index contributed by atoms with van der Waals surface area (Å²) in [6.07, 6.45) is 7.20. The molecule has 1 heterocycles. The quantitative estimate of drug-likeness (QED) is 0.640. The normalized spacial score (nSPS) is 23.2. The van der Waals surface area contributed by atoms with Crippen molar-refractivity contribution in [1.29, 1.82) is 0 Å². The maximum absolute atomic E-state index is 14.0. The first-order valence-electron chi connectivity index (χ1n) is 11.2. The van der Waals surface area contributed by atoms with Gasteiger partial charge in [0.1, 0.15) is 5.82 Å². The number of halogens is 1. The molecule has 2 aliphatic rings. The largest absolute Gasteiger partial charge is 0.385 e. The van der Waals surface area contributed by atoms with Gasteiger partial charge in [-0.05, 0) is 63.1 Å². The number of benzene rings is 1. The van der Waals surface area contributed by atoms with Crippen LogP contribution in [-0.4, -0.2) is 63.3 Å². The average molecular weight is 406 g/mol. The standard InChI is InChI=1S/C23H36FN3O2/c1-29-18-4-7-23(28)25-20-10-8-19(9-11-20)12-13-26-14-16-27(17-15-26)22-6-3-2-5-21(22)24/h2-3,5-6,19-20H,4,7-18H2,1H3,(H,25,28). The summed E-state index contributed by atoms with van der Waals surface area (Å²) in [7, 11) is 1.67. The molecule has 1 N–H and O–H groups in total. The molecule has 162 valence electrons. The molecule has 1 aliphatic carbocycles.